The Morgan fingerprint density at radius 1 is 0.862 bits per heavy atom. The van der Waals surface area contributed by atoms with E-state index < -0.39 is 11.2 Å². The Morgan fingerprint density at radius 2 is 1.48 bits per heavy atom. The normalized spacial score (nSPS) is 19.6. The van der Waals surface area contributed by atoms with Crippen LogP contribution in [-0.2, 0) is 9.59 Å². The maximum Gasteiger partial charge on any atom is 0.253 e. The SMILES string of the molecule is O=C(Cl)C1CC(=O)N(c2ccccc2N2CCN(C(=O)c3ccccc3)CC2)C1. The summed E-state index contributed by atoms with van der Waals surface area (Å²) in [4.78, 5) is 42.4. The van der Waals surface area contributed by atoms with Crippen molar-refractivity contribution in [1.29, 1.82) is 0 Å². The van der Waals surface area contributed by atoms with Gasteiger partial charge in [0.25, 0.3) is 5.91 Å². The van der Waals surface area contributed by atoms with E-state index in [4.69, 9.17) is 11.6 Å². The van der Waals surface area contributed by atoms with Gasteiger partial charge in [0.1, 0.15) is 0 Å². The molecule has 0 aromatic heterocycles. The van der Waals surface area contributed by atoms with Gasteiger partial charge in [0.15, 0.2) is 0 Å². The van der Waals surface area contributed by atoms with Crippen molar-refractivity contribution in [2.24, 2.45) is 5.92 Å². The van der Waals surface area contributed by atoms with E-state index in [1.54, 1.807) is 4.90 Å². The summed E-state index contributed by atoms with van der Waals surface area (Å²) >= 11 is 5.62. The second-order valence-corrected chi connectivity index (χ2v) is 7.72. The number of rotatable bonds is 4. The van der Waals surface area contributed by atoms with Gasteiger partial charge in [0.2, 0.25) is 11.1 Å². The summed E-state index contributed by atoms with van der Waals surface area (Å²) < 4.78 is 0. The lowest BCUT2D eigenvalue weighted by Crippen LogP contribution is -2.49. The molecule has 6 nitrogen and oxygen atoms in total. The van der Waals surface area contributed by atoms with Crippen LogP contribution in [0.4, 0.5) is 11.4 Å². The van der Waals surface area contributed by atoms with Gasteiger partial charge in [-0.3, -0.25) is 14.4 Å². The first-order valence-corrected chi connectivity index (χ1v) is 10.1. The van der Waals surface area contributed by atoms with Gasteiger partial charge >= 0.3 is 0 Å². The van der Waals surface area contributed by atoms with E-state index in [-0.39, 0.29) is 18.2 Å². The van der Waals surface area contributed by atoms with Crippen molar-refractivity contribution in [3.8, 4) is 0 Å². The van der Waals surface area contributed by atoms with Gasteiger partial charge in [-0.25, -0.2) is 0 Å². The summed E-state index contributed by atoms with van der Waals surface area (Å²) in [6.45, 7) is 2.88. The molecule has 150 valence electrons. The third-order valence-electron chi connectivity index (χ3n) is 5.55. The number of hydrogen-bond donors (Lipinski definition) is 0. The van der Waals surface area contributed by atoms with Crippen molar-refractivity contribution >= 4 is 40.0 Å². The zero-order valence-corrected chi connectivity index (χ0v) is 16.7. The quantitative estimate of drug-likeness (QED) is 0.726. The molecule has 2 amide bonds. The van der Waals surface area contributed by atoms with Crippen molar-refractivity contribution < 1.29 is 14.4 Å². The summed E-state index contributed by atoms with van der Waals surface area (Å²) in [6.07, 6.45) is 0.149. The Morgan fingerprint density at radius 3 is 2.10 bits per heavy atom. The summed E-state index contributed by atoms with van der Waals surface area (Å²) in [5.41, 5.74) is 2.43. The number of carbonyl (C=O) groups excluding carboxylic acids is 3. The largest absolute Gasteiger partial charge is 0.366 e. The molecule has 0 bridgehead atoms. The maximum atomic E-state index is 12.7. The highest BCUT2D eigenvalue weighted by atomic mass is 35.5. The van der Waals surface area contributed by atoms with Crippen LogP contribution in [0.2, 0.25) is 0 Å². The highest BCUT2D eigenvalue weighted by Gasteiger charge is 2.36. The van der Waals surface area contributed by atoms with E-state index in [1.807, 2.05) is 59.5 Å². The molecule has 0 aliphatic carbocycles. The van der Waals surface area contributed by atoms with Gasteiger partial charge in [0, 0.05) is 44.7 Å². The van der Waals surface area contributed by atoms with Crippen LogP contribution in [0.5, 0.6) is 0 Å². The molecule has 1 atom stereocenters. The molecule has 4 rings (SSSR count). The predicted octanol–water partition coefficient (Wildman–Crippen LogP) is 2.77. The number of nitrogens with zero attached hydrogens (tertiary/aromatic N) is 3. The first-order valence-electron chi connectivity index (χ1n) is 9.72. The standard InChI is InChI=1S/C22H22ClN3O3/c23-21(28)17-14-20(27)26(15-17)19-9-5-4-8-18(19)24-10-12-25(13-11-24)22(29)16-6-2-1-3-7-16/h1-9,17H,10-15H2. The smallest absolute Gasteiger partial charge is 0.253 e. The number of piperazine rings is 1. The molecule has 2 aliphatic heterocycles. The molecule has 2 aromatic rings. The minimum atomic E-state index is -0.466. The average molecular weight is 412 g/mol. The minimum absolute atomic E-state index is 0.0386. The zero-order valence-electron chi connectivity index (χ0n) is 16.0. The van der Waals surface area contributed by atoms with Crippen LogP contribution < -0.4 is 9.80 Å². The number of amides is 2. The maximum absolute atomic E-state index is 12.7. The Bertz CT molecular complexity index is 926. The number of carbonyl (C=O) groups is 3. The minimum Gasteiger partial charge on any atom is -0.366 e. The zero-order chi connectivity index (χ0) is 20.4. The molecule has 2 saturated heterocycles. The van der Waals surface area contributed by atoms with Crippen molar-refractivity contribution in [2.45, 2.75) is 6.42 Å². The van der Waals surface area contributed by atoms with Crippen LogP contribution >= 0.6 is 11.6 Å². The molecule has 2 fully saturated rings. The molecular weight excluding hydrogens is 390 g/mol. The van der Waals surface area contributed by atoms with Crippen LogP contribution in [0.1, 0.15) is 16.8 Å². The van der Waals surface area contributed by atoms with E-state index >= 15 is 0 Å². The Balaban J connectivity index is 1.48. The fourth-order valence-corrected chi connectivity index (χ4v) is 4.11. The van der Waals surface area contributed by atoms with Crippen molar-refractivity contribution in [3.05, 3.63) is 60.2 Å². The number of hydrogen-bond acceptors (Lipinski definition) is 4. The number of halogens is 1. The van der Waals surface area contributed by atoms with Crippen molar-refractivity contribution in [2.75, 3.05) is 42.5 Å². The van der Waals surface area contributed by atoms with Gasteiger partial charge in [0.05, 0.1) is 17.3 Å². The molecule has 0 spiro atoms. The second-order valence-electron chi connectivity index (χ2n) is 7.34. The molecule has 2 aliphatic rings. The Hall–Kier alpha value is -2.86. The van der Waals surface area contributed by atoms with E-state index in [2.05, 4.69) is 4.90 Å². The van der Waals surface area contributed by atoms with E-state index in [9.17, 15) is 14.4 Å². The predicted molar refractivity (Wildman–Crippen MR) is 112 cm³/mol. The highest BCUT2D eigenvalue weighted by Crippen LogP contribution is 2.34. The van der Waals surface area contributed by atoms with Crippen LogP contribution in [0, 0.1) is 5.92 Å². The van der Waals surface area contributed by atoms with Crippen molar-refractivity contribution in [3.63, 3.8) is 0 Å². The molecule has 7 heteroatoms. The lowest BCUT2D eigenvalue weighted by atomic mass is 10.1. The first-order chi connectivity index (χ1) is 14.0. The number of benzene rings is 2. The molecule has 29 heavy (non-hydrogen) atoms. The Kier molecular flexibility index (Phi) is 5.53. The lowest BCUT2D eigenvalue weighted by Gasteiger charge is -2.37. The molecule has 2 aromatic carbocycles. The molecule has 1 unspecified atom stereocenters. The number of anilines is 2. The van der Waals surface area contributed by atoms with Crippen LogP contribution in [0.3, 0.4) is 0 Å². The summed E-state index contributed by atoms with van der Waals surface area (Å²) in [5, 5.41) is -0.466. The third-order valence-corrected chi connectivity index (χ3v) is 5.86. The number of para-hydroxylation sites is 2. The lowest BCUT2D eigenvalue weighted by molar-refractivity contribution is -0.120. The van der Waals surface area contributed by atoms with Gasteiger partial charge < -0.3 is 14.7 Å². The van der Waals surface area contributed by atoms with Gasteiger partial charge in [-0.05, 0) is 35.9 Å². The topological polar surface area (TPSA) is 60.9 Å². The van der Waals surface area contributed by atoms with Crippen LogP contribution in [0.25, 0.3) is 0 Å². The van der Waals surface area contributed by atoms with Crippen molar-refractivity contribution in [1.82, 2.24) is 4.90 Å². The summed E-state index contributed by atoms with van der Waals surface area (Å²) in [5.74, 6) is -0.511. The average Bonchev–Trinajstić information content (AvgIpc) is 3.16. The Labute approximate surface area is 174 Å². The van der Waals surface area contributed by atoms with Crippen LogP contribution in [0.15, 0.2) is 54.6 Å². The van der Waals surface area contributed by atoms with E-state index in [1.165, 1.54) is 0 Å². The monoisotopic (exact) mass is 411 g/mol. The molecule has 0 saturated carbocycles. The summed E-state index contributed by atoms with van der Waals surface area (Å²) in [6, 6.07) is 17.0. The fourth-order valence-electron chi connectivity index (χ4n) is 3.97. The molecular formula is C22H22ClN3O3. The highest BCUT2D eigenvalue weighted by molar-refractivity contribution is 6.64. The van der Waals surface area contributed by atoms with Gasteiger partial charge in [-0.1, -0.05) is 30.3 Å². The molecule has 0 N–H and O–H groups in total. The first kappa shape index (κ1) is 19.5. The van der Waals surface area contributed by atoms with Crippen LogP contribution in [-0.4, -0.2) is 54.7 Å². The van der Waals surface area contributed by atoms with Gasteiger partial charge in [-0.15, -0.1) is 0 Å². The third kappa shape index (κ3) is 3.98. The molecule has 0 radical (unpaired) electrons. The molecule has 2 heterocycles. The fraction of sp³-hybridized carbons (Fsp3) is 0.318. The van der Waals surface area contributed by atoms with E-state index in [0.29, 0.717) is 38.3 Å². The second kappa shape index (κ2) is 8.25. The van der Waals surface area contributed by atoms with E-state index in [0.717, 1.165) is 11.4 Å². The summed E-state index contributed by atoms with van der Waals surface area (Å²) in [7, 11) is 0. The van der Waals surface area contributed by atoms with Gasteiger partial charge in [-0.2, -0.15) is 0 Å².